The van der Waals surface area contributed by atoms with Crippen molar-refractivity contribution in [1.29, 1.82) is 0 Å². The Kier molecular flexibility index (Phi) is 3.23. The first-order valence-corrected chi connectivity index (χ1v) is 6.89. The first-order chi connectivity index (χ1) is 7.87. The predicted molar refractivity (Wildman–Crippen MR) is 67.6 cm³/mol. The summed E-state index contributed by atoms with van der Waals surface area (Å²) in [4.78, 5) is 14.3. The number of hydrogen-bond acceptors (Lipinski definition) is 2. The molecule has 1 heterocycles. The fraction of sp³-hybridized carbons (Fsp3) is 0.929. The van der Waals surface area contributed by atoms with Crippen molar-refractivity contribution in [3.05, 3.63) is 0 Å². The van der Waals surface area contributed by atoms with E-state index in [-0.39, 0.29) is 17.2 Å². The molecule has 3 nitrogen and oxygen atoms in total. The summed E-state index contributed by atoms with van der Waals surface area (Å²) in [6.07, 6.45) is 5.64. The van der Waals surface area contributed by atoms with E-state index in [1.807, 2.05) is 18.7 Å². The Hall–Kier alpha value is -0.570. The first kappa shape index (κ1) is 12.9. The van der Waals surface area contributed by atoms with Crippen molar-refractivity contribution in [2.24, 2.45) is 11.3 Å². The van der Waals surface area contributed by atoms with Gasteiger partial charge in [0.2, 0.25) is 5.91 Å². The average Bonchev–Trinajstić information content (AvgIpc) is 2.24. The second-order valence-electron chi connectivity index (χ2n) is 6.54. The predicted octanol–water partition coefficient (Wildman–Crippen LogP) is 2.19. The van der Waals surface area contributed by atoms with Gasteiger partial charge in [-0.15, -0.1) is 0 Å². The zero-order valence-corrected chi connectivity index (χ0v) is 11.3. The number of β-amino-alcohol motifs (C(OH)–C–C–N with tert-alkyl or cyclic N) is 1. The van der Waals surface area contributed by atoms with Crippen LogP contribution in [0.1, 0.15) is 52.9 Å². The van der Waals surface area contributed by atoms with E-state index >= 15 is 0 Å². The molecule has 0 unspecified atom stereocenters. The van der Waals surface area contributed by atoms with Gasteiger partial charge in [-0.25, -0.2) is 0 Å². The van der Waals surface area contributed by atoms with Crippen LogP contribution in [0, 0.1) is 11.3 Å². The van der Waals surface area contributed by atoms with Crippen molar-refractivity contribution in [2.45, 2.75) is 58.5 Å². The monoisotopic (exact) mass is 239 g/mol. The van der Waals surface area contributed by atoms with Crippen molar-refractivity contribution in [2.75, 3.05) is 13.1 Å². The third kappa shape index (κ3) is 2.22. The zero-order valence-electron chi connectivity index (χ0n) is 11.3. The van der Waals surface area contributed by atoms with Crippen molar-refractivity contribution >= 4 is 5.91 Å². The molecular weight excluding hydrogens is 214 g/mol. The number of nitrogens with zero attached hydrogens (tertiary/aromatic N) is 1. The summed E-state index contributed by atoms with van der Waals surface area (Å²) in [5, 5.41) is 10.2. The minimum atomic E-state index is -0.638. The number of likely N-dealkylation sites (tertiary alicyclic amines) is 1. The molecule has 2 fully saturated rings. The second kappa shape index (κ2) is 4.27. The van der Waals surface area contributed by atoms with Crippen LogP contribution in [0.3, 0.4) is 0 Å². The van der Waals surface area contributed by atoms with E-state index in [1.165, 1.54) is 19.3 Å². The van der Waals surface area contributed by atoms with Gasteiger partial charge in [0.15, 0.2) is 0 Å². The van der Waals surface area contributed by atoms with Crippen LogP contribution in [0.5, 0.6) is 0 Å². The summed E-state index contributed by atoms with van der Waals surface area (Å²) < 4.78 is 0. The SMILES string of the molecule is CC(C)C1(O)CN(C(=O)C2(C)CCCCC2)C1. The quantitative estimate of drug-likeness (QED) is 0.802. The molecule has 1 saturated heterocycles. The number of aliphatic hydroxyl groups is 1. The molecular formula is C14H25NO2. The Morgan fingerprint density at radius 3 is 2.18 bits per heavy atom. The molecule has 98 valence electrons. The highest BCUT2D eigenvalue weighted by atomic mass is 16.3. The van der Waals surface area contributed by atoms with Crippen LogP contribution < -0.4 is 0 Å². The second-order valence-corrected chi connectivity index (χ2v) is 6.54. The summed E-state index contributed by atoms with van der Waals surface area (Å²) in [6, 6.07) is 0. The minimum absolute atomic E-state index is 0.156. The number of carbonyl (C=O) groups excluding carboxylic acids is 1. The lowest BCUT2D eigenvalue weighted by atomic mass is 9.72. The highest BCUT2D eigenvalue weighted by Crippen LogP contribution is 2.40. The molecule has 3 heteroatoms. The Morgan fingerprint density at radius 1 is 1.18 bits per heavy atom. The van der Waals surface area contributed by atoms with E-state index < -0.39 is 5.60 Å². The minimum Gasteiger partial charge on any atom is -0.386 e. The lowest BCUT2D eigenvalue weighted by molar-refractivity contribution is -0.174. The molecule has 0 aromatic carbocycles. The molecule has 0 aromatic heterocycles. The van der Waals surface area contributed by atoms with Crippen LogP contribution in [0.25, 0.3) is 0 Å². The van der Waals surface area contributed by atoms with E-state index in [1.54, 1.807) is 0 Å². The van der Waals surface area contributed by atoms with Gasteiger partial charge < -0.3 is 10.0 Å². The van der Waals surface area contributed by atoms with Crippen LogP contribution in [-0.4, -0.2) is 34.6 Å². The molecule has 1 aliphatic heterocycles. The summed E-state index contributed by atoms with van der Waals surface area (Å²) in [7, 11) is 0. The molecule has 0 radical (unpaired) electrons. The fourth-order valence-corrected chi connectivity index (χ4v) is 3.05. The maximum Gasteiger partial charge on any atom is 0.228 e. The summed E-state index contributed by atoms with van der Waals surface area (Å²) in [5.41, 5.74) is -0.794. The molecule has 0 bridgehead atoms. The van der Waals surface area contributed by atoms with Gasteiger partial charge in [-0.05, 0) is 18.8 Å². The topological polar surface area (TPSA) is 40.5 Å². The van der Waals surface area contributed by atoms with Crippen molar-refractivity contribution < 1.29 is 9.90 Å². The van der Waals surface area contributed by atoms with Crippen LogP contribution >= 0.6 is 0 Å². The van der Waals surface area contributed by atoms with Crippen LogP contribution in [0.4, 0.5) is 0 Å². The van der Waals surface area contributed by atoms with E-state index in [0.29, 0.717) is 13.1 Å². The number of carbonyl (C=O) groups is 1. The lowest BCUT2D eigenvalue weighted by Crippen LogP contribution is -2.67. The maximum atomic E-state index is 12.4. The molecule has 1 saturated carbocycles. The number of amides is 1. The molecule has 1 N–H and O–H groups in total. The molecule has 1 aliphatic carbocycles. The average molecular weight is 239 g/mol. The van der Waals surface area contributed by atoms with Gasteiger partial charge in [0.05, 0.1) is 13.1 Å². The van der Waals surface area contributed by atoms with Crippen LogP contribution in [0.2, 0.25) is 0 Å². The number of hydrogen-bond donors (Lipinski definition) is 1. The smallest absolute Gasteiger partial charge is 0.228 e. The van der Waals surface area contributed by atoms with E-state index in [9.17, 15) is 9.90 Å². The molecule has 0 atom stereocenters. The Morgan fingerprint density at radius 2 is 1.71 bits per heavy atom. The van der Waals surface area contributed by atoms with Gasteiger partial charge in [0.25, 0.3) is 0 Å². The van der Waals surface area contributed by atoms with E-state index in [4.69, 9.17) is 0 Å². The van der Waals surface area contributed by atoms with Crippen molar-refractivity contribution in [3.8, 4) is 0 Å². The first-order valence-electron chi connectivity index (χ1n) is 6.89. The van der Waals surface area contributed by atoms with Gasteiger partial charge in [0.1, 0.15) is 5.60 Å². The molecule has 2 aliphatic rings. The van der Waals surface area contributed by atoms with Crippen LogP contribution in [-0.2, 0) is 4.79 Å². The molecule has 0 spiro atoms. The Balaban J connectivity index is 1.95. The zero-order chi connectivity index (χ0) is 12.7. The van der Waals surface area contributed by atoms with E-state index in [2.05, 4.69) is 6.92 Å². The van der Waals surface area contributed by atoms with Crippen molar-refractivity contribution in [3.63, 3.8) is 0 Å². The maximum absolute atomic E-state index is 12.4. The third-order valence-electron chi connectivity index (χ3n) is 4.76. The van der Waals surface area contributed by atoms with Gasteiger partial charge in [0, 0.05) is 5.41 Å². The molecule has 0 aromatic rings. The molecule has 2 rings (SSSR count). The van der Waals surface area contributed by atoms with Crippen LogP contribution in [0.15, 0.2) is 0 Å². The summed E-state index contributed by atoms with van der Waals surface area (Å²) >= 11 is 0. The standard InChI is InChI=1S/C14H25NO2/c1-11(2)14(17)9-15(10-14)12(16)13(3)7-5-4-6-8-13/h11,17H,4-10H2,1-3H3. The highest BCUT2D eigenvalue weighted by molar-refractivity contribution is 5.83. The lowest BCUT2D eigenvalue weighted by Gasteiger charge is -2.52. The molecule has 17 heavy (non-hydrogen) atoms. The van der Waals surface area contributed by atoms with Gasteiger partial charge >= 0.3 is 0 Å². The van der Waals surface area contributed by atoms with Crippen molar-refractivity contribution in [1.82, 2.24) is 4.90 Å². The van der Waals surface area contributed by atoms with E-state index in [0.717, 1.165) is 12.8 Å². The van der Waals surface area contributed by atoms with Gasteiger partial charge in [-0.3, -0.25) is 4.79 Å². The largest absolute Gasteiger partial charge is 0.386 e. The fourth-order valence-electron chi connectivity index (χ4n) is 3.05. The normalized spacial score (nSPS) is 26.8. The number of rotatable bonds is 2. The molecule has 1 amide bonds. The van der Waals surface area contributed by atoms with Gasteiger partial charge in [-0.1, -0.05) is 40.0 Å². The highest BCUT2D eigenvalue weighted by Gasteiger charge is 2.49. The van der Waals surface area contributed by atoms with Gasteiger partial charge in [-0.2, -0.15) is 0 Å². The Labute approximate surface area is 104 Å². The Bertz CT molecular complexity index is 299. The third-order valence-corrected chi connectivity index (χ3v) is 4.76. The summed E-state index contributed by atoms with van der Waals surface area (Å²) in [5.74, 6) is 0.494. The summed E-state index contributed by atoms with van der Waals surface area (Å²) in [6.45, 7) is 7.19.